The Kier molecular flexibility index (Phi) is 5.06. The number of hydrogen-bond acceptors (Lipinski definition) is 5. The third-order valence-electron chi connectivity index (χ3n) is 4.25. The molecule has 0 saturated heterocycles. The Morgan fingerprint density at radius 1 is 1.29 bits per heavy atom. The van der Waals surface area contributed by atoms with Gasteiger partial charge >= 0.3 is 0 Å². The third kappa shape index (κ3) is 3.25. The number of anilines is 1. The summed E-state index contributed by atoms with van der Waals surface area (Å²) in [6.07, 6.45) is 1.11. The number of amides is 1. The quantitative estimate of drug-likeness (QED) is 0.831. The summed E-state index contributed by atoms with van der Waals surface area (Å²) in [5, 5.41) is 2.06. The molecule has 0 radical (unpaired) electrons. The van der Waals surface area contributed by atoms with Crippen molar-refractivity contribution in [2.24, 2.45) is 0 Å². The zero-order valence-corrected chi connectivity index (χ0v) is 14.9. The van der Waals surface area contributed by atoms with Crippen LogP contribution in [0.4, 0.5) is 5.69 Å². The summed E-state index contributed by atoms with van der Waals surface area (Å²) in [6, 6.07) is 7.57. The van der Waals surface area contributed by atoms with Crippen molar-refractivity contribution in [3.05, 3.63) is 40.1 Å². The number of carbonyl (C=O) groups excluding carboxylic acids is 1. The molecule has 0 aliphatic carbocycles. The van der Waals surface area contributed by atoms with Gasteiger partial charge in [0.1, 0.15) is 6.10 Å². The summed E-state index contributed by atoms with van der Waals surface area (Å²) in [4.78, 5) is 15.5. The van der Waals surface area contributed by atoms with Gasteiger partial charge in [0.05, 0.1) is 27.2 Å². The van der Waals surface area contributed by atoms with Crippen LogP contribution in [0.15, 0.2) is 29.6 Å². The number of fused-ring (bicyclic) bond motifs is 1. The van der Waals surface area contributed by atoms with Gasteiger partial charge in [-0.05, 0) is 35.6 Å². The molecule has 24 heavy (non-hydrogen) atoms. The van der Waals surface area contributed by atoms with Crippen LogP contribution >= 0.6 is 11.3 Å². The highest BCUT2D eigenvalue weighted by atomic mass is 32.1. The summed E-state index contributed by atoms with van der Waals surface area (Å²) in [5.74, 6) is 1.25. The van der Waals surface area contributed by atoms with Crippen molar-refractivity contribution >= 4 is 22.9 Å². The second kappa shape index (κ2) is 7.23. The van der Waals surface area contributed by atoms with Crippen LogP contribution in [0, 0.1) is 0 Å². The summed E-state index contributed by atoms with van der Waals surface area (Å²) < 4.78 is 16.4. The van der Waals surface area contributed by atoms with Crippen molar-refractivity contribution in [2.45, 2.75) is 18.9 Å². The molecule has 3 rings (SSSR count). The van der Waals surface area contributed by atoms with Crippen LogP contribution in [0.3, 0.4) is 0 Å². The molecule has 1 aromatic heterocycles. The van der Waals surface area contributed by atoms with E-state index < -0.39 is 0 Å². The summed E-state index contributed by atoms with van der Waals surface area (Å²) >= 11 is 1.66. The summed E-state index contributed by atoms with van der Waals surface area (Å²) in [7, 11) is 4.94. The van der Waals surface area contributed by atoms with Crippen molar-refractivity contribution in [2.75, 3.05) is 32.8 Å². The molecule has 1 aromatic carbocycles. The number of nitrogens with zero attached hydrogens (tertiary/aromatic N) is 1. The molecule has 0 N–H and O–H groups in total. The first-order valence-corrected chi connectivity index (χ1v) is 8.68. The Hall–Kier alpha value is -2.05. The molecule has 0 unspecified atom stereocenters. The molecule has 0 fully saturated rings. The number of carbonyl (C=O) groups is 1. The van der Waals surface area contributed by atoms with Crippen molar-refractivity contribution in [3.8, 4) is 11.5 Å². The monoisotopic (exact) mass is 347 g/mol. The van der Waals surface area contributed by atoms with Crippen LogP contribution in [0.2, 0.25) is 0 Å². The highest BCUT2D eigenvalue weighted by Crippen LogP contribution is 2.35. The van der Waals surface area contributed by atoms with Gasteiger partial charge in [0, 0.05) is 23.7 Å². The van der Waals surface area contributed by atoms with Crippen LogP contribution in [-0.4, -0.2) is 33.8 Å². The smallest absolute Gasteiger partial charge is 0.229 e. The van der Waals surface area contributed by atoms with Crippen molar-refractivity contribution in [3.63, 3.8) is 0 Å². The number of rotatable bonds is 5. The highest BCUT2D eigenvalue weighted by Gasteiger charge is 2.26. The fraction of sp³-hybridized carbons (Fsp3) is 0.389. The molecule has 1 amide bonds. The number of methoxy groups -OCH3 is 2. The average Bonchev–Trinajstić information content (AvgIpc) is 3.10. The maximum atomic E-state index is 12.7. The minimum absolute atomic E-state index is 0.00784. The largest absolute Gasteiger partial charge is 0.493 e. The van der Waals surface area contributed by atoms with Gasteiger partial charge in [-0.1, -0.05) is 0 Å². The Labute approximate surface area is 145 Å². The second-order valence-corrected chi connectivity index (χ2v) is 6.56. The van der Waals surface area contributed by atoms with Crippen LogP contribution in [0.25, 0.3) is 0 Å². The molecule has 2 heterocycles. The van der Waals surface area contributed by atoms with Gasteiger partial charge in [-0.3, -0.25) is 4.79 Å². The van der Waals surface area contributed by atoms with E-state index in [1.165, 1.54) is 10.4 Å². The zero-order chi connectivity index (χ0) is 17.1. The van der Waals surface area contributed by atoms with Crippen LogP contribution in [-0.2, 0) is 16.0 Å². The first kappa shape index (κ1) is 16.8. The average molecular weight is 347 g/mol. The van der Waals surface area contributed by atoms with E-state index in [0.717, 1.165) is 12.1 Å². The third-order valence-corrected chi connectivity index (χ3v) is 5.30. The predicted molar refractivity (Wildman–Crippen MR) is 94.3 cm³/mol. The fourth-order valence-electron chi connectivity index (χ4n) is 2.85. The normalized spacial score (nSPS) is 16.4. The van der Waals surface area contributed by atoms with Crippen LogP contribution in [0.5, 0.6) is 11.5 Å². The van der Waals surface area contributed by atoms with E-state index in [-0.39, 0.29) is 12.0 Å². The van der Waals surface area contributed by atoms with Gasteiger partial charge < -0.3 is 19.1 Å². The molecular weight excluding hydrogens is 326 g/mol. The fourth-order valence-corrected chi connectivity index (χ4v) is 3.85. The Balaban J connectivity index is 1.74. The number of thiophene rings is 1. The maximum absolute atomic E-state index is 12.7. The van der Waals surface area contributed by atoms with E-state index in [0.29, 0.717) is 24.5 Å². The van der Waals surface area contributed by atoms with Crippen molar-refractivity contribution < 1.29 is 19.0 Å². The van der Waals surface area contributed by atoms with E-state index in [1.54, 1.807) is 49.6 Å². The maximum Gasteiger partial charge on any atom is 0.229 e. The zero-order valence-electron chi connectivity index (χ0n) is 14.1. The van der Waals surface area contributed by atoms with Gasteiger partial charge in [-0.15, -0.1) is 11.3 Å². The minimum atomic E-state index is -0.149. The van der Waals surface area contributed by atoms with Gasteiger partial charge in [-0.2, -0.15) is 0 Å². The van der Waals surface area contributed by atoms with Gasteiger partial charge in [0.15, 0.2) is 11.5 Å². The molecule has 2 aromatic rings. The SMILES string of the molecule is COc1ccc(N(C)C(=O)C[C@@H]2OCCc3ccsc32)cc1OC. The van der Waals surface area contributed by atoms with E-state index in [9.17, 15) is 4.79 Å². The lowest BCUT2D eigenvalue weighted by Crippen LogP contribution is -2.29. The lowest BCUT2D eigenvalue weighted by atomic mass is 10.0. The molecule has 0 saturated carbocycles. The number of ether oxygens (including phenoxy) is 3. The van der Waals surface area contributed by atoms with E-state index >= 15 is 0 Å². The van der Waals surface area contributed by atoms with Gasteiger partial charge in [0.2, 0.25) is 5.91 Å². The van der Waals surface area contributed by atoms with Gasteiger partial charge in [0.25, 0.3) is 0 Å². The minimum Gasteiger partial charge on any atom is -0.493 e. The Morgan fingerprint density at radius 2 is 2.08 bits per heavy atom. The molecule has 0 bridgehead atoms. The molecule has 6 heteroatoms. The lowest BCUT2D eigenvalue weighted by Gasteiger charge is -2.25. The molecule has 1 atom stereocenters. The number of hydrogen-bond donors (Lipinski definition) is 0. The second-order valence-electron chi connectivity index (χ2n) is 5.62. The lowest BCUT2D eigenvalue weighted by molar-refractivity contribution is -0.121. The van der Waals surface area contributed by atoms with Crippen molar-refractivity contribution in [1.82, 2.24) is 0 Å². The summed E-state index contributed by atoms with van der Waals surface area (Å²) in [5.41, 5.74) is 2.07. The first-order chi connectivity index (χ1) is 11.6. The topological polar surface area (TPSA) is 48.0 Å². The van der Waals surface area contributed by atoms with E-state index in [2.05, 4.69) is 11.4 Å². The Bertz CT molecular complexity index is 728. The Morgan fingerprint density at radius 3 is 2.83 bits per heavy atom. The highest BCUT2D eigenvalue weighted by molar-refractivity contribution is 7.10. The van der Waals surface area contributed by atoms with E-state index in [1.807, 2.05) is 6.07 Å². The van der Waals surface area contributed by atoms with Crippen molar-refractivity contribution in [1.29, 1.82) is 0 Å². The molecule has 1 aliphatic rings. The van der Waals surface area contributed by atoms with Crippen LogP contribution < -0.4 is 14.4 Å². The molecule has 5 nitrogen and oxygen atoms in total. The first-order valence-electron chi connectivity index (χ1n) is 7.80. The van der Waals surface area contributed by atoms with Gasteiger partial charge in [-0.25, -0.2) is 0 Å². The van der Waals surface area contributed by atoms with E-state index in [4.69, 9.17) is 14.2 Å². The molecule has 128 valence electrons. The molecule has 0 spiro atoms. The number of benzene rings is 1. The molecule has 1 aliphatic heterocycles. The summed E-state index contributed by atoms with van der Waals surface area (Å²) in [6.45, 7) is 0.668. The predicted octanol–water partition coefficient (Wildman–Crippen LogP) is 3.43. The van der Waals surface area contributed by atoms with Crippen LogP contribution in [0.1, 0.15) is 23.0 Å². The standard InChI is InChI=1S/C18H21NO4S/c1-19(13-4-5-14(21-2)15(10-13)22-3)17(20)11-16-18-12(6-8-23-16)7-9-24-18/h4-5,7,9-10,16H,6,8,11H2,1-3H3/t16-/m0/s1. The molecular formula is C18H21NO4S.